The zero-order chi connectivity index (χ0) is 12.6. The molecule has 3 nitrogen and oxygen atoms in total. The summed E-state index contributed by atoms with van der Waals surface area (Å²) >= 11 is 0. The molecule has 0 fully saturated rings. The highest BCUT2D eigenvalue weighted by Crippen LogP contribution is 1.98. The van der Waals surface area contributed by atoms with Gasteiger partial charge in [-0.15, -0.1) is 0 Å². The second-order valence-corrected chi connectivity index (χ2v) is 3.81. The van der Waals surface area contributed by atoms with E-state index in [0.717, 1.165) is 5.56 Å². The maximum atomic E-state index is 11.6. The van der Waals surface area contributed by atoms with Crippen molar-refractivity contribution in [2.75, 3.05) is 0 Å². The third-order valence-corrected chi connectivity index (χ3v) is 2.46. The van der Waals surface area contributed by atoms with Crippen molar-refractivity contribution >= 4 is 12.1 Å². The molecule has 0 aliphatic heterocycles. The van der Waals surface area contributed by atoms with Gasteiger partial charge in [0.15, 0.2) is 0 Å². The second kappa shape index (κ2) is 6.35. The Morgan fingerprint density at radius 2 is 1.61 bits per heavy atom. The van der Waals surface area contributed by atoms with Gasteiger partial charge in [0.1, 0.15) is 0 Å². The smallest absolute Gasteiger partial charge is 0.267 e. The van der Waals surface area contributed by atoms with Crippen LogP contribution in [0.25, 0.3) is 0 Å². The van der Waals surface area contributed by atoms with Crippen LogP contribution in [0.3, 0.4) is 0 Å². The molecule has 2 rings (SSSR count). The van der Waals surface area contributed by atoms with Crippen LogP contribution in [-0.2, 0) is 6.42 Å². The van der Waals surface area contributed by atoms with Gasteiger partial charge in [0.05, 0.1) is 0 Å². The van der Waals surface area contributed by atoms with Gasteiger partial charge in [-0.2, -0.15) is 5.10 Å². The van der Waals surface area contributed by atoms with Gasteiger partial charge in [-0.1, -0.05) is 48.5 Å². The molecule has 0 atom stereocenters. The van der Waals surface area contributed by atoms with Gasteiger partial charge < -0.3 is 0 Å². The summed E-state index contributed by atoms with van der Waals surface area (Å²) in [5.41, 5.74) is 4.27. The van der Waals surface area contributed by atoms with Crippen LogP contribution >= 0.6 is 0 Å². The molecule has 2 aromatic carbocycles. The van der Waals surface area contributed by atoms with Gasteiger partial charge >= 0.3 is 0 Å². The van der Waals surface area contributed by atoms with Crippen molar-refractivity contribution in [3.05, 3.63) is 71.8 Å². The third kappa shape index (κ3) is 3.56. The SMILES string of the molecule is O=C(NN=CCc1ccccc1)c1ccccc1. The molecular formula is C15H14N2O. The number of carbonyl (C=O) groups excluding carboxylic acids is 1. The summed E-state index contributed by atoms with van der Waals surface area (Å²) in [4.78, 5) is 11.6. The highest BCUT2D eigenvalue weighted by atomic mass is 16.2. The van der Waals surface area contributed by atoms with Crippen molar-refractivity contribution in [2.24, 2.45) is 5.10 Å². The van der Waals surface area contributed by atoms with E-state index >= 15 is 0 Å². The fourth-order valence-corrected chi connectivity index (χ4v) is 1.52. The minimum absolute atomic E-state index is 0.195. The summed E-state index contributed by atoms with van der Waals surface area (Å²) in [6.45, 7) is 0. The Balaban J connectivity index is 1.83. The molecule has 2 aromatic rings. The summed E-state index contributed by atoms with van der Waals surface area (Å²) in [5, 5.41) is 3.92. The number of benzene rings is 2. The predicted octanol–water partition coefficient (Wildman–Crippen LogP) is 2.64. The lowest BCUT2D eigenvalue weighted by atomic mass is 10.2. The molecule has 90 valence electrons. The molecular weight excluding hydrogens is 224 g/mol. The van der Waals surface area contributed by atoms with E-state index in [1.807, 2.05) is 48.5 Å². The molecule has 0 aliphatic rings. The van der Waals surface area contributed by atoms with Crippen LogP contribution in [0.2, 0.25) is 0 Å². The van der Waals surface area contributed by atoms with E-state index in [-0.39, 0.29) is 5.91 Å². The lowest BCUT2D eigenvalue weighted by Crippen LogP contribution is -2.17. The average molecular weight is 238 g/mol. The van der Waals surface area contributed by atoms with Crippen molar-refractivity contribution in [3.63, 3.8) is 0 Å². The van der Waals surface area contributed by atoms with Crippen LogP contribution in [0.15, 0.2) is 65.8 Å². The van der Waals surface area contributed by atoms with Crippen molar-refractivity contribution in [1.29, 1.82) is 0 Å². The molecule has 0 unspecified atom stereocenters. The fraction of sp³-hybridized carbons (Fsp3) is 0.0667. The average Bonchev–Trinajstić information content (AvgIpc) is 2.45. The Kier molecular flexibility index (Phi) is 4.25. The van der Waals surface area contributed by atoms with E-state index in [9.17, 15) is 4.79 Å². The first-order chi connectivity index (χ1) is 8.86. The molecule has 0 saturated heterocycles. The highest BCUT2D eigenvalue weighted by Gasteiger charge is 2.00. The molecule has 0 spiro atoms. The third-order valence-electron chi connectivity index (χ3n) is 2.46. The maximum Gasteiger partial charge on any atom is 0.271 e. The summed E-state index contributed by atoms with van der Waals surface area (Å²) in [6.07, 6.45) is 2.39. The van der Waals surface area contributed by atoms with Gasteiger partial charge in [0, 0.05) is 18.2 Å². The van der Waals surface area contributed by atoms with Gasteiger partial charge in [-0.25, -0.2) is 5.43 Å². The number of hydrogen-bond donors (Lipinski definition) is 1. The minimum atomic E-state index is -0.195. The number of hydrogen-bond acceptors (Lipinski definition) is 2. The molecule has 0 aliphatic carbocycles. The van der Waals surface area contributed by atoms with Gasteiger partial charge in [0.2, 0.25) is 0 Å². The van der Waals surface area contributed by atoms with E-state index in [1.165, 1.54) is 0 Å². The summed E-state index contributed by atoms with van der Waals surface area (Å²) < 4.78 is 0. The van der Waals surface area contributed by atoms with Crippen LogP contribution in [0.4, 0.5) is 0 Å². The van der Waals surface area contributed by atoms with Gasteiger partial charge in [-0.05, 0) is 17.7 Å². The van der Waals surface area contributed by atoms with E-state index < -0.39 is 0 Å². The number of nitrogens with one attached hydrogen (secondary N) is 1. The van der Waals surface area contributed by atoms with Gasteiger partial charge in [-0.3, -0.25) is 4.79 Å². The van der Waals surface area contributed by atoms with Crippen LogP contribution < -0.4 is 5.43 Å². The second-order valence-electron chi connectivity index (χ2n) is 3.81. The normalized spacial score (nSPS) is 10.4. The number of amides is 1. The fourth-order valence-electron chi connectivity index (χ4n) is 1.52. The van der Waals surface area contributed by atoms with Crippen LogP contribution in [0.5, 0.6) is 0 Å². The molecule has 1 N–H and O–H groups in total. The zero-order valence-electron chi connectivity index (χ0n) is 9.91. The van der Waals surface area contributed by atoms with Crippen molar-refractivity contribution in [1.82, 2.24) is 5.43 Å². The van der Waals surface area contributed by atoms with Gasteiger partial charge in [0.25, 0.3) is 5.91 Å². The lowest BCUT2D eigenvalue weighted by molar-refractivity contribution is 0.0955. The molecule has 0 bridgehead atoms. The molecule has 3 heteroatoms. The quantitative estimate of drug-likeness (QED) is 0.645. The summed E-state index contributed by atoms with van der Waals surface area (Å²) in [7, 11) is 0. The van der Waals surface area contributed by atoms with Crippen LogP contribution in [0.1, 0.15) is 15.9 Å². The summed E-state index contributed by atoms with van der Waals surface area (Å²) in [6, 6.07) is 19.0. The molecule has 0 saturated carbocycles. The zero-order valence-corrected chi connectivity index (χ0v) is 9.91. The van der Waals surface area contributed by atoms with E-state index in [2.05, 4.69) is 10.5 Å². The standard InChI is InChI=1S/C15H14N2O/c18-15(14-9-5-2-6-10-14)17-16-12-11-13-7-3-1-4-8-13/h1-10,12H,11H2,(H,17,18). The molecule has 0 aromatic heterocycles. The Labute approximate surface area is 106 Å². The maximum absolute atomic E-state index is 11.6. The Morgan fingerprint density at radius 1 is 1.00 bits per heavy atom. The Hall–Kier alpha value is -2.42. The molecule has 0 heterocycles. The molecule has 1 amide bonds. The van der Waals surface area contributed by atoms with Crippen molar-refractivity contribution < 1.29 is 4.79 Å². The van der Waals surface area contributed by atoms with Crippen molar-refractivity contribution in [3.8, 4) is 0 Å². The number of rotatable bonds is 4. The number of hydrazone groups is 1. The lowest BCUT2D eigenvalue weighted by Gasteiger charge is -1.98. The minimum Gasteiger partial charge on any atom is -0.267 e. The van der Waals surface area contributed by atoms with E-state index in [4.69, 9.17) is 0 Å². The number of nitrogens with zero attached hydrogens (tertiary/aromatic N) is 1. The van der Waals surface area contributed by atoms with E-state index in [0.29, 0.717) is 12.0 Å². The van der Waals surface area contributed by atoms with Crippen LogP contribution in [-0.4, -0.2) is 12.1 Å². The summed E-state index contributed by atoms with van der Waals surface area (Å²) in [5.74, 6) is -0.195. The van der Waals surface area contributed by atoms with Crippen molar-refractivity contribution in [2.45, 2.75) is 6.42 Å². The monoisotopic (exact) mass is 238 g/mol. The first-order valence-corrected chi connectivity index (χ1v) is 5.77. The Morgan fingerprint density at radius 3 is 2.28 bits per heavy atom. The molecule has 0 radical (unpaired) electrons. The first kappa shape index (κ1) is 12.0. The molecule has 18 heavy (non-hydrogen) atoms. The number of carbonyl (C=O) groups is 1. The largest absolute Gasteiger partial charge is 0.271 e. The predicted molar refractivity (Wildman–Crippen MR) is 72.5 cm³/mol. The Bertz CT molecular complexity index is 521. The van der Waals surface area contributed by atoms with Crippen LogP contribution in [0, 0.1) is 0 Å². The first-order valence-electron chi connectivity index (χ1n) is 5.77. The highest BCUT2D eigenvalue weighted by molar-refractivity contribution is 5.94. The topological polar surface area (TPSA) is 41.5 Å². The van der Waals surface area contributed by atoms with E-state index in [1.54, 1.807) is 18.3 Å².